The van der Waals surface area contributed by atoms with Gasteiger partial charge >= 0.3 is 11.9 Å². The van der Waals surface area contributed by atoms with Crippen molar-refractivity contribution < 1.29 is 23.9 Å². The van der Waals surface area contributed by atoms with Crippen LogP contribution in [0.4, 0.5) is 5.00 Å². The zero-order valence-corrected chi connectivity index (χ0v) is 20.0. The third-order valence-electron chi connectivity index (χ3n) is 6.53. The van der Waals surface area contributed by atoms with Gasteiger partial charge in [0.25, 0.3) is 5.91 Å². The van der Waals surface area contributed by atoms with E-state index in [1.54, 1.807) is 6.92 Å². The van der Waals surface area contributed by atoms with Crippen LogP contribution in [0.3, 0.4) is 0 Å². The average Bonchev–Trinajstić information content (AvgIpc) is 3.09. The van der Waals surface area contributed by atoms with Crippen LogP contribution < -0.4 is 5.32 Å². The van der Waals surface area contributed by atoms with Gasteiger partial charge in [-0.05, 0) is 75.2 Å². The normalized spacial score (nSPS) is 21.2. The summed E-state index contributed by atoms with van der Waals surface area (Å²) in [4.78, 5) is 38.6. The molecular formula is C24H35NO5S. The lowest BCUT2D eigenvalue weighted by molar-refractivity contribution is -0.153. The van der Waals surface area contributed by atoms with E-state index in [0.29, 0.717) is 16.5 Å². The number of nitrogens with one attached hydrogen (secondary N) is 1. The van der Waals surface area contributed by atoms with E-state index in [2.05, 4.69) is 26.1 Å². The highest BCUT2D eigenvalue weighted by Crippen LogP contribution is 2.40. The Morgan fingerprint density at radius 2 is 1.71 bits per heavy atom. The topological polar surface area (TPSA) is 81.7 Å². The highest BCUT2D eigenvalue weighted by atomic mass is 32.1. The number of carbonyl (C=O) groups is 3. The molecule has 1 saturated carbocycles. The van der Waals surface area contributed by atoms with Gasteiger partial charge in [-0.25, -0.2) is 4.79 Å². The second-order valence-corrected chi connectivity index (χ2v) is 10.8. The molecule has 0 spiro atoms. The minimum atomic E-state index is -0.416. The molecule has 2 aliphatic carbocycles. The van der Waals surface area contributed by atoms with Crippen molar-refractivity contribution in [2.75, 3.05) is 18.5 Å². The first kappa shape index (κ1) is 23.8. The summed E-state index contributed by atoms with van der Waals surface area (Å²) >= 11 is 1.44. The second kappa shape index (κ2) is 10.2. The molecule has 1 heterocycles. The number of ether oxygens (including phenoxy) is 2. The first-order chi connectivity index (χ1) is 14.7. The molecule has 0 unspecified atom stereocenters. The second-order valence-electron chi connectivity index (χ2n) is 9.71. The number of anilines is 1. The summed E-state index contributed by atoms with van der Waals surface area (Å²) in [6.07, 6.45) is 7.49. The molecule has 6 nitrogen and oxygen atoms in total. The SMILES string of the molecule is CCOC(=O)c1c(NC(=O)COC(=O)C2CCC(C(C)(C)C)CC2)sc2c1CCCC2. The van der Waals surface area contributed by atoms with E-state index in [4.69, 9.17) is 9.47 Å². The largest absolute Gasteiger partial charge is 0.462 e. The molecule has 7 heteroatoms. The van der Waals surface area contributed by atoms with Gasteiger partial charge in [-0.2, -0.15) is 0 Å². The number of carbonyl (C=O) groups excluding carboxylic acids is 3. The van der Waals surface area contributed by atoms with Crippen molar-refractivity contribution in [1.82, 2.24) is 0 Å². The van der Waals surface area contributed by atoms with Gasteiger partial charge in [0, 0.05) is 4.88 Å². The standard InChI is InChI=1S/C24H35NO5S/c1-5-29-23(28)20-17-8-6-7-9-18(17)31-21(20)25-19(26)14-30-22(27)15-10-12-16(13-11-15)24(2,3)4/h15-16H,5-14H2,1-4H3,(H,25,26). The molecule has 3 rings (SSSR count). The summed E-state index contributed by atoms with van der Waals surface area (Å²) in [6.45, 7) is 8.45. The molecule has 0 aromatic carbocycles. The Bertz CT molecular complexity index is 815. The van der Waals surface area contributed by atoms with E-state index in [-0.39, 0.29) is 30.5 Å². The third-order valence-corrected chi connectivity index (χ3v) is 7.74. The molecule has 1 aromatic heterocycles. The van der Waals surface area contributed by atoms with Crippen LogP contribution in [0.1, 0.15) is 87.0 Å². The van der Waals surface area contributed by atoms with Gasteiger partial charge in [0.15, 0.2) is 6.61 Å². The zero-order valence-electron chi connectivity index (χ0n) is 19.2. The molecule has 1 aromatic rings. The van der Waals surface area contributed by atoms with Crippen molar-refractivity contribution >= 4 is 34.2 Å². The predicted molar refractivity (Wildman–Crippen MR) is 121 cm³/mol. The van der Waals surface area contributed by atoms with Crippen LogP contribution in [0.2, 0.25) is 0 Å². The van der Waals surface area contributed by atoms with Crippen LogP contribution in [0.25, 0.3) is 0 Å². The quantitative estimate of drug-likeness (QED) is 0.608. The molecule has 1 N–H and O–H groups in total. The Morgan fingerprint density at radius 1 is 1.03 bits per heavy atom. The first-order valence-corrected chi connectivity index (χ1v) is 12.3. The van der Waals surface area contributed by atoms with E-state index in [0.717, 1.165) is 61.8 Å². The van der Waals surface area contributed by atoms with Crippen molar-refractivity contribution in [2.45, 2.75) is 79.1 Å². The Hall–Kier alpha value is -1.89. The minimum absolute atomic E-state index is 0.129. The monoisotopic (exact) mass is 449 g/mol. The molecule has 0 saturated heterocycles. The Kier molecular flexibility index (Phi) is 7.78. The van der Waals surface area contributed by atoms with Crippen LogP contribution in [-0.2, 0) is 31.9 Å². The molecule has 172 valence electrons. The van der Waals surface area contributed by atoms with Gasteiger partial charge in [-0.3, -0.25) is 9.59 Å². The fourth-order valence-corrected chi connectivity index (χ4v) is 5.98. The number of fused-ring (bicyclic) bond motifs is 1. The smallest absolute Gasteiger partial charge is 0.341 e. The number of amides is 1. The van der Waals surface area contributed by atoms with Gasteiger partial charge in [-0.1, -0.05) is 20.8 Å². The number of aryl methyl sites for hydroxylation is 1. The van der Waals surface area contributed by atoms with Crippen LogP contribution in [0.15, 0.2) is 0 Å². The maximum atomic E-state index is 12.5. The number of esters is 2. The molecule has 31 heavy (non-hydrogen) atoms. The fourth-order valence-electron chi connectivity index (χ4n) is 4.69. The van der Waals surface area contributed by atoms with Crippen molar-refractivity contribution in [1.29, 1.82) is 0 Å². The van der Waals surface area contributed by atoms with Crippen LogP contribution >= 0.6 is 11.3 Å². The lowest BCUT2D eigenvalue weighted by atomic mass is 9.70. The van der Waals surface area contributed by atoms with Gasteiger partial charge in [0.1, 0.15) is 5.00 Å². The van der Waals surface area contributed by atoms with Crippen LogP contribution in [0, 0.1) is 17.3 Å². The summed E-state index contributed by atoms with van der Waals surface area (Å²) in [6, 6.07) is 0. The molecule has 2 aliphatic rings. The van der Waals surface area contributed by atoms with E-state index < -0.39 is 11.9 Å². The van der Waals surface area contributed by atoms with Gasteiger partial charge < -0.3 is 14.8 Å². The lowest BCUT2D eigenvalue weighted by Crippen LogP contribution is -2.31. The zero-order chi connectivity index (χ0) is 22.6. The number of rotatable bonds is 6. The molecule has 1 amide bonds. The van der Waals surface area contributed by atoms with Crippen LogP contribution in [0.5, 0.6) is 0 Å². The Labute approximate surface area is 189 Å². The minimum Gasteiger partial charge on any atom is -0.462 e. The van der Waals surface area contributed by atoms with E-state index in [9.17, 15) is 14.4 Å². The van der Waals surface area contributed by atoms with E-state index in [1.807, 2.05) is 0 Å². The number of hydrogen-bond donors (Lipinski definition) is 1. The number of thiophene rings is 1. The van der Waals surface area contributed by atoms with Crippen molar-refractivity contribution in [3.63, 3.8) is 0 Å². The first-order valence-electron chi connectivity index (χ1n) is 11.5. The molecule has 0 atom stereocenters. The highest BCUT2D eigenvalue weighted by Gasteiger charge is 2.33. The molecule has 0 radical (unpaired) electrons. The van der Waals surface area contributed by atoms with E-state index in [1.165, 1.54) is 11.3 Å². The predicted octanol–water partition coefficient (Wildman–Crippen LogP) is 5.14. The molecule has 0 bridgehead atoms. The molecule has 0 aliphatic heterocycles. The van der Waals surface area contributed by atoms with Gasteiger partial charge in [0.05, 0.1) is 18.1 Å². The highest BCUT2D eigenvalue weighted by molar-refractivity contribution is 7.17. The van der Waals surface area contributed by atoms with Gasteiger partial charge in [-0.15, -0.1) is 11.3 Å². The maximum Gasteiger partial charge on any atom is 0.341 e. The summed E-state index contributed by atoms with van der Waals surface area (Å²) in [5.41, 5.74) is 1.73. The Balaban J connectivity index is 1.56. The average molecular weight is 450 g/mol. The number of hydrogen-bond acceptors (Lipinski definition) is 6. The maximum absolute atomic E-state index is 12.5. The Morgan fingerprint density at radius 3 is 2.35 bits per heavy atom. The van der Waals surface area contributed by atoms with Crippen molar-refractivity contribution in [3.05, 3.63) is 16.0 Å². The van der Waals surface area contributed by atoms with E-state index >= 15 is 0 Å². The van der Waals surface area contributed by atoms with Crippen molar-refractivity contribution in [2.24, 2.45) is 17.3 Å². The lowest BCUT2D eigenvalue weighted by Gasteiger charge is -2.36. The third kappa shape index (κ3) is 5.88. The summed E-state index contributed by atoms with van der Waals surface area (Å²) in [5.74, 6) is -0.620. The van der Waals surface area contributed by atoms with Crippen LogP contribution in [-0.4, -0.2) is 31.1 Å². The van der Waals surface area contributed by atoms with Gasteiger partial charge in [0.2, 0.25) is 0 Å². The fraction of sp³-hybridized carbons (Fsp3) is 0.708. The summed E-state index contributed by atoms with van der Waals surface area (Å²) in [7, 11) is 0. The van der Waals surface area contributed by atoms with Crippen molar-refractivity contribution in [3.8, 4) is 0 Å². The molecule has 1 fully saturated rings. The molecular weight excluding hydrogens is 414 g/mol. The summed E-state index contributed by atoms with van der Waals surface area (Å²) < 4.78 is 10.5. The summed E-state index contributed by atoms with van der Waals surface area (Å²) in [5, 5.41) is 3.31.